The third-order valence-corrected chi connectivity index (χ3v) is 8.76. The highest BCUT2D eigenvalue weighted by Gasteiger charge is 2.35. The van der Waals surface area contributed by atoms with Crippen molar-refractivity contribution in [2.24, 2.45) is 0 Å². The second kappa shape index (κ2) is 15.1. The third-order valence-electron chi connectivity index (χ3n) is 8.27. The van der Waals surface area contributed by atoms with Crippen molar-refractivity contribution in [1.82, 2.24) is 25.1 Å². The Balaban J connectivity index is 1.37. The predicted molar refractivity (Wildman–Crippen MR) is 168 cm³/mol. The summed E-state index contributed by atoms with van der Waals surface area (Å²) >= 11 is 12.7. The van der Waals surface area contributed by atoms with Crippen LogP contribution in [0.3, 0.4) is 0 Å². The van der Waals surface area contributed by atoms with Gasteiger partial charge in [0.15, 0.2) is 22.5 Å². The van der Waals surface area contributed by atoms with E-state index in [4.69, 9.17) is 34.0 Å². The van der Waals surface area contributed by atoms with Crippen LogP contribution in [0.5, 0.6) is 0 Å². The molecule has 234 valence electrons. The van der Waals surface area contributed by atoms with Crippen molar-refractivity contribution in [1.29, 1.82) is 0 Å². The Bertz CT molecular complexity index is 1320. The minimum Gasteiger partial charge on any atom is -0.395 e. The number of halogens is 2. The van der Waals surface area contributed by atoms with E-state index in [0.717, 1.165) is 31.4 Å². The lowest BCUT2D eigenvalue weighted by molar-refractivity contribution is -0.117. The van der Waals surface area contributed by atoms with E-state index >= 15 is 0 Å². The van der Waals surface area contributed by atoms with E-state index in [-0.39, 0.29) is 47.5 Å². The van der Waals surface area contributed by atoms with Crippen molar-refractivity contribution in [2.75, 3.05) is 56.5 Å². The number of aryl methyl sites for hydroxylation is 1. The molecule has 4 rings (SSSR count). The number of nitrogens with one attached hydrogen (secondary N) is 1. The maximum absolute atomic E-state index is 13.5. The van der Waals surface area contributed by atoms with Gasteiger partial charge in [-0.2, -0.15) is 0 Å². The first-order chi connectivity index (χ1) is 20.6. The Morgan fingerprint density at radius 3 is 2.53 bits per heavy atom. The van der Waals surface area contributed by atoms with Gasteiger partial charge in [-0.15, -0.1) is 0 Å². The number of anilines is 2. The van der Waals surface area contributed by atoms with Gasteiger partial charge in [-0.1, -0.05) is 30.1 Å². The maximum Gasteiger partial charge on any atom is 0.273 e. The first-order valence-corrected chi connectivity index (χ1v) is 15.7. The average molecular weight is 635 g/mol. The number of piperidine rings is 1. The lowest BCUT2D eigenvalue weighted by Crippen LogP contribution is -2.58. The highest BCUT2D eigenvalue weighted by molar-refractivity contribution is 6.32. The topological polar surface area (TPSA) is 145 Å². The molecule has 0 spiro atoms. The SMILES string of the molecule is CC[C@H]1CN(c2nc(N)c(C(=O)NCCO)nc2Cl)CCN1C1CCN(C(=O)c2ccc(Cl)cc2CCCC(C)=O)CC1. The van der Waals surface area contributed by atoms with Crippen LogP contribution in [0.1, 0.15) is 72.4 Å². The fourth-order valence-corrected chi connectivity index (χ4v) is 6.46. The summed E-state index contributed by atoms with van der Waals surface area (Å²) in [5, 5.41) is 12.2. The Hall–Kier alpha value is -2.99. The molecule has 2 amide bonds. The lowest BCUT2D eigenvalue weighted by atomic mass is 9.96. The number of benzene rings is 1. The number of amides is 2. The molecule has 0 aliphatic carbocycles. The number of aliphatic hydroxyl groups is 1. The highest BCUT2D eigenvalue weighted by atomic mass is 35.5. The molecule has 0 bridgehead atoms. The van der Waals surface area contributed by atoms with Gasteiger partial charge in [0.2, 0.25) is 0 Å². The van der Waals surface area contributed by atoms with Crippen molar-refractivity contribution in [3.63, 3.8) is 0 Å². The molecule has 43 heavy (non-hydrogen) atoms. The van der Waals surface area contributed by atoms with Crippen LogP contribution in [0.15, 0.2) is 18.2 Å². The largest absolute Gasteiger partial charge is 0.395 e. The number of hydrogen-bond donors (Lipinski definition) is 3. The first-order valence-electron chi connectivity index (χ1n) is 14.9. The number of carbonyl (C=O) groups excluding carboxylic acids is 3. The van der Waals surface area contributed by atoms with E-state index in [2.05, 4.69) is 32.0 Å². The van der Waals surface area contributed by atoms with Crippen LogP contribution in [-0.2, 0) is 11.2 Å². The molecule has 2 fully saturated rings. The second-order valence-corrected chi connectivity index (χ2v) is 12.0. The lowest BCUT2D eigenvalue weighted by Gasteiger charge is -2.47. The Morgan fingerprint density at radius 2 is 1.86 bits per heavy atom. The molecule has 1 aromatic carbocycles. The van der Waals surface area contributed by atoms with Gasteiger partial charge >= 0.3 is 0 Å². The fourth-order valence-electron chi connectivity index (χ4n) is 6.02. The number of rotatable bonds is 11. The van der Waals surface area contributed by atoms with Crippen LogP contribution in [0.4, 0.5) is 11.6 Å². The van der Waals surface area contributed by atoms with Crippen molar-refractivity contribution in [2.45, 2.75) is 64.5 Å². The summed E-state index contributed by atoms with van der Waals surface area (Å²) in [5.41, 5.74) is 7.57. The van der Waals surface area contributed by atoms with E-state index in [9.17, 15) is 14.4 Å². The van der Waals surface area contributed by atoms with Crippen LogP contribution >= 0.6 is 23.2 Å². The van der Waals surface area contributed by atoms with Gasteiger partial charge in [-0.3, -0.25) is 14.5 Å². The molecule has 2 saturated heterocycles. The van der Waals surface area contributed by atoms with Gasteiger partial charge in [0.25, 0.3) is 11.8 Å². The van der Waals surface area contributed by atoms with E-state index in [0.29, 0.717) is 67.9 Å². The summed E-state index contributed by atoms with van der Waals surface area (Å²) in [6, 6.07) is 6.00. The molecule has 2 aliphatic rings. The van der Waals surface area contributed by atoms with Gasteiger partial charge in [0.1, 0.15) is 5.78 Å². The highest BCUT2D eigenvalue weighted by Crippen LogP contribution is 2.30. The Morgan fingerprint density at radius 1 is 1.12 bits per heavy atom. The van der Waals surface area contributed by atoms with Crippen molar-refractivity contribution >= 4 is 52.4 Å². The monoisotopic (exact) mass is 633 g/mol. The molecule has 4 N–H and O–H groups in total. The number of aromatic nitrogens is 2. The number of nitrogens with zero attached hydrogens (tertiary/aromatic N) is 5. The van der Waals surface area contributed by atoms with Gasteiger partial charge in [-0.25, -0.2) is 9.97 Å². The molecular formula is C30H41Cl2N7O4. The zero-order chi connectivity index (χ0) is 31.1. The normalized spacial score (nSPS) is 18.1. The van der Waals surface area contributed by atoms with Crippen LogP contribution < -0.4 is 16.0 Å². The van der Waals surface area contributed by atoms with Crippen LogP contribution in [0.2, 0.25) is 10.2 Å². The third kappa shape index (κ3) is 8.14. The zero-order valence-corrected chi connectivity index (χ0v) is 26.3. The molecule has 13 heteroatoms. The smallest absolute Gasteiger partial charge is 0.273 e. The molecule has 1 aromatic heterocycles. The number of aliphatic hydroxyl groups excluding tert-OH is 1. The van der Waals surface area contributed by atoms with Gasteiger partial charge in [-0.05, 0) is 62.8 Å². The van der Waals surface area contributed by atoms with E-state index in [1.807, 2.05) is 11.0 Å². The van der Waals surface area contributed by atoms with Gasteiger partial charge in [0.05, 0.1) is 6.61 Å². The number of piperazine rings is 1. The molecule has 2 aromatic rings. The number of nitrogen functional groups attached to an aromatic ring is 1. The Labute approximate surface area is 262 Å². The first kappa shape index (κ1) is 32.9. The van der Waals surface area contributed by atoms with Gasteiger partial charge in [0, 0.05) is 68.4 Å². The van der Waals surface area contributed by atoms with Crippen LogP contribution in [0, 0.1) is 0 Å². The predicted octanol–water partition coefficient (Wildman–Crippen LogP) is 3.20. The number of carbonyl (C=O) groups is 3. The number of hydrogen-bond acceptors (Lipinski definition) is 9. The van der Waals surface area contributed by atoms with Crippen molar-refractivity contribution in [3.8, 4) is 0 Å². The molecule has 2 aliphatic heterocycles. The number of Topliss-reactive ketones (excluding diaryl/α,β-unsaturated/α-hetero) is 1. The summed E-state index contributed by atoms with van der Waals surface area (Å²) in [7, 11) is 0. The van der Waals surface area contributed by atoms with Crippen molar-refractivity contribution < 1.29 is 19.5 Å². The molecule has 0 saturated carbocycles. The molecule has 1 atom stereocenters. The maximum atomic E-state index is 13.5. The minimum atomic E-state index is -0.533. The van der Waals surface area contributed by atoms with Crippen molar-refractivity contribution in [3.05, 3.63) is 45.2 Å². The van der Waals surface area contributed by atoms with Crippen LogP contribution in [0.25, 0.3) is 0 Å². The standard InChI is InChI=1S/C30H41Cl2N7O4/c1-3-22-18-38(28-26(32)35-25(27(33)36-28)29(42)34-11-16-40)14-15-39(22)23-9-12-37(13-10-23)30(43)24-8-7-21(31)17-20(24)6-4-5-19(2)41/h7-8,17,22-23,40H,3-6,9-16,18H2,1-2H3,(H2,33,36)(H,34,42)/t22-/m0/s1. The summed E-state index contributed by atoms with van der Waals surface area (Å²) in [4.78, 5) is 52.4. The molecular weight excluding hydrogens is 593 g/mol. The van der Waals surface area contributed by atoms with E-state index in [1.165, 1.54) is 0 Å². The number of likely N-dealkylation sites (tertiary alicyclic amines) is 1. The summed E-state index contributed by atoms with van der Waals surface area (Å²) < 4.78 is 0. The van der Waals surface area contributed by atoms with E-state index in [1.54, 1.807) is 19.1 Å². The molecule has 11 nitrogen and oxygen atoms in total. The number of ketones is 1. The average Bonchev–Trinajstić information content (AvgIpc) is 3.00. The van der Waals surface area contributed by atoms with Crippen LogP contribution in [-0.4, -0.2) is 100 Å². The molecule has 3 heterocycles. The van der Waals surface area contributed by atoms with E-state index < -0.39 is 5.91 Å². The summed E-state index contributed by atoms with van der Waals surface area (Å²) in [6.45, 7) is 7.12. The second-order valence-electron chi connectivity index (χ2n) is 11.2. The molecule has 0 radical (unpaired) electrons. The van der Waals surface area contributed by atoms with Gasteiger partial charge < -0.3 is 30.8 Å². The molecule has 0 unspecified atom stereocenters. The summed E-state index contributed by atoms with van der Waals surface area (Å²) in [6.07, 6.45) is 4.49. The minimum absolute atomic E-state index is 0.00921. The fraction of sp³-hybridized carbons (Fsp3) is 0.567. The number of nitrogens with two attached hydrogens (primary N) is 1. The summed E-state index contributed by atoms with van der Waals surface area (Å²) in [5.74, 6) is 0.0714. The Kier molecular flexibility index (Phi) is 11.6. The quantitative estimate of drug-likeness (QED) is 0.339. The zero-order valence-electron chi connectivity index (χ0n) is 24.8.